The van der Waals surface area contributed by atoms with Gasteiger partial charge in [-0.1, -0.05) is 0 Å². The minimum absolute atomic E-state index is 0.541. The Hall–Kier alpha value is -1.23. The molecule has 2 aromatic heterocycles. The van der Waals surface area contributed by atoms with Gasteiger partial charge in [0, 0.05) is 17.8 Å². The highest BCUT2D eigenvalue weighted by Gasteiger charge is 2.05. The summed E-state index contributed by atoms with van der Waals surface area (Å²) < 4.78 is 12.7. The van der Waals surface area contributed by atoms with Crippen LogP contribution < -0.4 is 5.32 Å². The zero-order chi connectivity index (χ0) is 8.55. The number of aromatic nitrogens is 2. The molecule has 3 nitrogen and oxygen atoms in total. The molecule has 0 aromatic carbocycles. The molecule has 0 amide bonds. The van der Waals surface area contributed by atoms with Crippen LogP contribution >= 0.6 is 11.3 Å². The second-order valence-electron chi connectivity index (χ2n) is 2.26. The minimum atomic E-state index is -0.690. The quantitative estimate of drug-likeness (QED) is 0.686. The van der Waals surface area contributed by atoms with Crippen LogP contribution in [0.4, 0.5) is 10.2 Å². The van der Waals surface area contributed by atoms with E-state index in [9.17, 15) is 4.39 Å². The van der Waals surface area contributed by atoms with Crippen LogP contribution in [-0.2, 0) is 0 Å². The molecule has 2 aromatic rings. The van der Waals surface area contributed by atoms with E-state index in [0.29, 0.717) is 11.3 Å². The minimum Gasteiger partial charge on any atom is -0.372 e. The van der Waals surface area contributed by atoms with Gasteiger partial charge in [-0.05, 0) is 0 Å². The van der Waals surface area contributed by atoms with Crippen molar-refractivity contribution < 1.29 is 4.39 Å². The highest BCUT2D eigenvalue weighted by atomic mass is 32.1. The van der Waals surface area contributed by atoms with Crippen LogP contribution in [0.3, 0.4) is 0 Å². The van der Waals surface area contributed by atoms with Crippen LogP contribution in [0, 0.1) is 6.08 Å². The van der Waals surface area contributed by atoms with Gasteiger partial charge in [0.2, 0.25) is 0 Å². The predicted molar refractivity (Wildman–Crippen MR) is 46.9 cm³/mol. The van der Waals surface area contributed by atoms with Crippen LogP contribution in [0.15, 0.2) is 10.8 Å². The maximum atomic E-state index is 12.7. The van der Waals surface area contributed by atoms with E-state index in [0.717, 1.165) is 5.39 Å². The largest absolute Gasteiger partial charge is 0.372 e. The maximum absolute atomic E-state index is 12.7. The van der Waals surface area contributed by atoms with Crippen molar-refractivity contribution in [3.63, 3.8) is 0 Å². The van der Waals surface area contributed by atoms with Crippen molar-refractivity contribution in [2.24, 2.45) is 0 Å². The fraction of sp³-hybridized carbons (Fsp3) is 0.143. The molecule has 0 atom stereocenters. The molecule has 0 fully saturated rings. The zero-order valence-corrected chi connectivity index (χ0v) is 7.15. The molecule has 2 heterocycles. The number of anilines is 1. The van der Waals surface area contributed by atoms with Gasteiger partial charge in [-0.2, -0.15) is 9.37 Å². The van der Waals surface area contributed by atoms with Gasteiger partial charge in [0.05, 0.1) is 10.9 Å². The van der Waals surface area contributed by atoms with Crippen molar-refractivity contribution in [2.75, 3.05) is 12.4 Å². The molecule has 5 heteroatoms. The van der Waals surface area contributed by atoms with Gasteiger partial charge in [-0.15, -0.1) is 11.3 Å². The third kappa shape index (κ3) is 1.02. The van der Waals surface area contributed by atoms with E-state index < -0.39 is 6.08 Å². The van der Waals surface area contributed by atoms with E-state index in [4.69, 9.17) is 0 Å². The average Bonchev–Trinajstić information content (AvgIpc) is 2.50. The Morgan fingerprint density at radius 1 is 1.42 bits per heavy atom. The summed E-state index contributed by atoms with van der Waals surface area (Å²) in [5, 5.41) is 7.36. The number of fused-ring (bicyclic) bond motifs is 1. The Balaban J connectivity index is 2.80. The van der Waals surface area contributed by atoms with Crippen molar-refractivity contribution >= 4 is 28.1 Å². The Kier molecular flexibility index (Phi) is 1.65. The second-order valence-corrected chi connectivity index (χ2v) is 3.01. The van der Waals surface area contributed by atoms with Gasteiger partial charge in [0.15, 0.2) is 0 Å². The van der Waals surface area contributed by atoms with Crippen LogP contribution in [0.1, 0.15) is 0 Å². The summed E-state index contributed by atoms with van der Waals surface area (Å²) in [6.07, 6.45) is -0.690. The number of nitrogens with zero attached hydrogens (tertiary/aromatic N) is 2. The van der Waals surface area contributed by atoms with Crippen LogP contribution in [0.25, 0.3) is 10.9 Å². The van der Waals surface area contributed by atoms with Gasteiger partial charge in [0.25, 0.3) is 0 Å². The first kappa shape index (κ1) is 7.42. The summed E-state index contributed by atoms with van der Waals surface area (Å²) >= 11 is 1.48. The van der Waals surface area contributed by atoms with Gasteiger partial charge < -0.3 is 5.32 Å². The molecule has 2 rings (SSSR count). The molecule has 0 radical (unpaired) electrons. The lowest BCUT2D eigenvalue weighted by Gasteiger charge is -1.99. The third-order valence-electron chi connectivity index (χ3n) is 1.55. The summed E-state index contributed by atoms with van der Waals surface area (Å²) in [7, 11) is 1.71. The van der Waals surface area contributed by atoms with Gasteiger partial charge >= 0.3 is 6.08 Å². The highest BCUT2D eigenvalue weighted by Crippen LogP contribution is 2.22. The average molecular weight is 183 g/mol. The Morgan fingerprint density at radius 3 is 3.00 bits per heavy atom. The fourth-order valence-corrected chi connectivity index (χ4v) is 1.77. The molecular formula is C7H6FN3S. The first-order valence-corrected chi connectivity index (χ1v) is 4.32. The molecule has 12 heavy (non-hydrogen) atoms. The fourth-order valence-electron chi connectivity index (χ4n) is 1.02. The van der Waals surface area contributed by atoms with Crippen molar-refractivity contribution in [3.05, 3.63) is 16.8 Å². The van der Waals surface area contributed by atoms with Gasteiger partial charge in [-0.3, -0.25) is 0 Å². The summed E-state index contributed by atoms with van der Waals surface area (Å²) in [4.78, 5) is 7.25. The topological polar surface area (TPSA) is 37.8 Å². The molecule has 0 aliphatic carbocycles. The molecule has 62 valence electrons. The first-order valence-electron chi connectivity index (χ1n) is 3.38. The van der Waals surface area contributed by atoms with Gasteiger partial charge in [-0.25, -0.2) is 4.98 Å². The van der Waals surface area contributed by atoms with Crippen LogP contribution in [-0.4, -0.2) is 17.0 Å². The SMILES string of the molecule is CNc1nc(F)nc2cscc12. The number of halogens is 1. The third-order valence-corrected chi connectivity index (χ3v) is 2.28. The summed E-state index contributed by atoms with van der Waals surface area (Å²) in [6, 6.07) is 0. The number of hydrogen-bond acceptors (Lipinski definition) is 4. The molecule has 0 saturated carbocycles. The standard InChI is InChI=1S/C7H6FN3S/c1-9-6-4-2-12-3-5(4)10-7(8)11-6/h2-3H,1H3,(H,9,10,11). The normalized spacial score (nSPS) is 10.5. The van der Waals surface area contributed by atoms with Crippen molar-refractivity contribution in [2.45, 2.75) is 0 Å². The van der Waals surface area contributed by atoms with E-state index >= 15 is 0 Å². The number of hydrogen-bond donors (Lipinski definition) is 1. The molecule has 1 N–H and O–H groups in total. The van der Waals surface area contributed by atoms with Crippen LogP contribution in [0.2, 0.25) is 0 Å². The Morgan fingerprint density at radius 2 is 2.25 bits per heavy atom. The van der Waals surface area contributed by atoms with E-state index in [1.807, 2.05) is 5.38 Å². The van der Waals surface area contributed by atoms with Crippen molar-refractivity contribution in [3.8, 4) is 0 Å². The van der Waals surface area contributed by atoms with E-state index in [2.05, 4.69) is 15.3 Å². The summed E-state index contributed by atoms with van der Waals surface area (Å²) in [6.45, 7) is 0. The number of thiophene rings is 1. The van der Waals surface area contributed by atoms with Crippen molar-refractivity contribution in [1.29, 1.82) is 0 Å². The molecular weight excluding hydrogens is 177 g/mol. The number of nitrogens with one attached hydrogen (secondary N) is 1. The lowest BCUT2D eigenvalue weighted by molar-refractivity contribution is 0.546. The first-order chi connectivity index (χ1) is 5.81. The van der Waals surface area contributed by atoms with Crippen LogP contribution in [0.5, 0.6) is 0 Å². The van der Waals surface area contributed by atoms with Crippen molar-refractivity contribution in [1.82, 2.24) is 9.97 Å². The monoisotopic (exact) mass is 183 g/mol. The van der Waals surface area contributed by atoms with E-state index in [1.165, 1.54) is 11.3 Å². The van der Waals surface area contributed by atoms with E-state index in [-0.39, 0.29) is 0 Å². The Bertz CT molecular complexity index is 412. The smallest absolute Gasteiger partial charge is 0.311 e. The Labute approximate surface area is 72.3 Å². The second kappa shape index (κ2) is 2.67. The summed E-state index contributed by atoms with van der Waals surface area (Å²) in [5.41, 5.74) is 0.650. The summed E-state index contributed by atoms with van der Waals surface area (Å²) in [5.74, 6) is 0.541. The lowest BCUT2D eigenvalue weighted by atomic mass is 10.4. The molecule has 0 saturated heterocycles. The molecule has 0 aliphatic heterocycles. The zero-order valence-electron chi connectivity index (χ0n) is 6.34. The predicted octanol–water partition coefficient (Wildman–Crippen LogP) is 1.87. The number of rotatable bonds is 1. The van der Waals surface area contributed by atoms with E-state index in [1.54, 1.807) is 12.4 Å². The molecule has 0 aliphatic rings. The molecule has 0 unspecified atom stereocenters. The molecule has 0 spiro atoms. The lowest BCUT2D eigenvalue weighted by Crippen LogP contribution is -1.97. The maximum Gasteiger partial charge on any atom is 0.311 e. The van der Waals surface area contributed by atoms with Gasteiger partial charge in [0.1, 0.15) is 5.82 Å². The molecule has 0 bridgehead atoms. The highest BCUT2D eigenvalue weighted by molar-refractivity contribution is 7.09.